The van der Waals surface area contributed by atoms with Crippen LogP contribution in [-0.2, 0) is 11.2 Å². The summed E-state index contributed by atoms with van der Waals surface area (Å²) in [6, 6.07) is 15.8. The Hall–Kier alpha value is -3.13. The Labute approximate surface area is 134 Å². The average molecular weight is 308 g/mol. The van der Waals surface area contributed by atoms with E-state index in [1.807, 2.05) is 0 Å². The molecule has 0 heterocycles. The molecule has 116 valence electrons. The Morgan fingerprint density at radius 1 is 1.17 bits per heavy atom. The number of ether oxygens (including phenoxy) is 1. The van der Waals surface area contributed by atoms with Gasteiger partial charge in [-0.15, -0.1) is 0 Å². The van der Waals surface area contributed by atoms with Crippen molar-refractivity contribution >= 4 is 17.4 Å². The van der Waals surface area contributed by atoms with Crippen molar-refractivity contribution in [2.24, 2.45) is 0 Å². The quantitative estimate of drug-likeness (QED) is 0.832. The van der Waals surface area contributed by atoms with Crippen molar-refractivity contribution in [2.75, 3.05) is 11.9 Å². The van der Waals surface area contributed by atoms with Crippen LogP contribution in [0.15, 0.2) is 48.5 Å². The molecule has 0 fully saturated rings. The second-order valence-electron chi connectivity index (χ2n) is 4.95. The zero-order valence-electron chi connectivity index (χ0n) is 12.7. The zero-order valence-corrected chi connectivity index (χ0v) is 12.7. The molecule has 5 heteroatoms. The lowest BCUT2D eigenvalue weighted by Crippen LogP contribution is -2.20. The second kappa shape index (κ2) is 7.76. The van der Waals surface area contributed by atoms with Gasteiger partial charge >= 0.3 is 0 Å². The molecule has 23 heavy (non-hydrogen) atoms. The van der Waals surface area contributed by atoms with E-state index in [0.29, 0.717) is 23.4 Å². The normalized spacial score (nSPS) is 9.74. The van der Waals surface area contributed by atoms with Gasteiger partial charge in [0.1, 0.15) is 5.75 Å². The van der Waals surface area contributed by atoms with E-state index in [2.05, 4.69) is 11.4 Å². The number of benzene rings is 2. The molecular weight excluding hydrogens is 292 g/mol. The molecule has 2 aromatic carbocycles. The van der Waals surface area contributed by atoms with Crippen molar-refractivity contribution in [3.05, 3.63) is 59.7 Å². The van der Waals surface area contributed by atoms with E-state index in [0.717, 1.165) is 5.56 Å². The lowest BCUT2D eigenvalue weighted by molar-refractivity contribution is -0.118. The van der Waals surface area contributed by atoms with E-state index < -0.39 is 0 Å². The molecule has 0 aliphatic rings. The number of anilines is 1. The summed E-state index contributed by atoms with van der Waals surface area (Å²) in [5, 5.41) is 11.3. The third-order valence-corrected chi connectivity index (χ3v) is 3.13. The van der Waals surface area contributed by atoms with E-state index in [9.17, 15) is 9.59 Å². The van der Waals surface area contributed by atoms with E-state index in [4.69, 9.17) is 10.00 Å². The molecule has 0 bridgehead atoms. The number of nitriles is 1. The number of Topliss-reactive ketones (excluding diaryl/α,β-unsaturated/α-hetero) is 1. The van der Waals surface area contributed by atoms with Crippen LogP contribution in [0.2, 0.25) is 0 Å². The van der Waals surface area contributed by atoms with Crippen LogP contribution in [0.1, 0.15) is 22.8 Å². The van der Waals surface area contributed by atoms with Gasteiger partial charge in [-0.1, -0.05) is 24.3 Å². The van der Waals surface area contributed by atoms with Gasteiger partial charge in [0.15, 0.2) is 12.4 Å². The number of rotatable bonds is 6. The van der Waals surface area contributed by atoms with Gasteiger partial charge in [-0.3, -0.25) is 9.59 Å². The van der Waals surface area contributed by atoms with Gasteiger partial charge < -0.3 is 10.1 Å². The smallest absolute Gasteiger partial charge is 0.262 e. The first-order valence-electron chi connectivity index (χ1n) is 7.08. The van der Waals surface area contributed by atoms with Gasteiger partial charge in [0.05, 0.1) is 12.5 Å². The highest BCUT2D eigenvalue weighted by Gasteiger charge is 2.06. The number of carbonyl (C=O) groups is 2. The summed E-state index contributed by atoms with van der Waals surface area (Å²) in [5.41, 5.74) is 1.98. The number of nitrogens with zero attached hydrogens (tertiary/aromatic N) is 1. The second-order valence-corrected chi connectivity index (χ2v) is 4.95. The molecular formula is C18H16N2O3. The van der Waals surface area contributed by atoms with E-state index >= 15 is 0 Å². The molecule has 0 unspecified atom stereocenters. The summed E-state index contributed by atoms with van der Waals surface area (Å²) in [4.78, 5) is 23.2. The fourth-order valence-electron chi connectivity index (χ4n) is 1.96. The van der Waals surface area contributed by atoms with Gasteiger partial charge in [-0.2, -0.15) is 5.26 Å². The molecule has 0 spiro atoms. The van der Waals surface area contributed by atoms with Crippen LogP contribution in [0.3, 0.4) is 0 Å². The highest BCUT2D eigenvalue weighted by atomic mass is 16.5. The van der Waals surface area contributed by atoms with Crippen molar-refractivity contribution in [1.82, 2.24) is 0 Å². The summed E-state index contributed by atoms with van der Waals surface area (Å²) < 4.78 is 5.39. The minimum absolute atomic E-state index is 0.0604. The minimum Gasteiger partial charge on any atom is -0.484 e. The number of amides is 1. The van der Waals surface area contributed by atoms with Crippen LogP contribution in [0.4, 0.5) is 5.69 Å². The summed E-state index contributed by atoms with van der Waals surface area (Å²) in [7, 11) is 0. The predicted octanol–water partition coefficient (Wildman–Crippen LogP) is 2.97. The monoisotopic (exact) mass is 308 g/mol. The third kappa shape index (κ3) is 4.97. The Bertz CT molecular complexity index is 746. The predicted molar refractivity (Wildman–Crippen MR) is 86.3 cm³/mol. The number of ketones is 1. The van der Waals surface area contributed by atoms with Gasteiger partial charge in [-0.05, 0) is 36.8 Å². The van der Waals surface area contributed by atoms with Crippen LogP contribution < -0.4 is 10.1 Å². The summed E-state index contributed by atoms with van der Waals surface area (Å²) in [6.07, 6.45) is 0.341. The Kier molecular flexibility index (Phi) is 5.48. The van der Waals surface area contributed by atoms with Crippen LogP contribution >= 0.6 is 0 Å². The van der Waals surface area contributed by atoms with Crippen molar-refractivity contribution in [1.29, 1.82) is 5.26 Å². The molecule has 0 saturated carbocycles. The first kappa shape index (κ1) is 16.2. The number of nitrogens with one attached hydrogen (secondary N) is 1. The molecule has 0 radical (unpaired) electrons. The number of carbonyl (C=O) groups excluding carboxylic acids is 2. The summed E-state index contributed by atoms with van der Waals surface area (Å²) in [6.45, 7) is 1.34. The van der Waals surface area contributed by atoms with E-state index in [1.54, 1.807) is 48.5 Å². The van der Waals surface area contributed by atoms with E-state index in [-0.39, 0.29) is 18.3 Å². The molecule has 2 aromatic rings. The standard InChI is InChI=1S/C18H16N2O3/c1-13(21)15-3-2-4-16(11-15)20-18(22)12-23-17-7-5-14(6-8-17)9-10-19/h2-8,11H,9,12H2,1H3,(H,20,22). The molecule has 5 nitrogen and oxygen atoms in total. The van der Waals surface area contributed by atoms with E-state index in [1.165, 1.54) is 6.92 Å². The van der Waals surface area contributed by atoms with Crippen molar-refractivity contribution in [2.45, 2.75) is 13.3 Å². The molecule has 0 aliphatic heterocycles. The molecule has 1 N–H and O–H groups in total. The Morgan fingerprint density at radius 2 is 1.91 bits per heavy atom. The van der Waals surface area contributed by atoms with Crippen LogP contribution in [-0.4, -0.2) is 18.3 Å². The highest BCUT2D eigenvalue weighted by Crippen LogP contribution is 2.14. The first-order chi connectivity index (χ1) is 11.1. The molecule has 1 amide bonds. The lowest BCUT2D eigenvalue weighted by atomic mass is 10.1. The van der Waals surface area contributed by atoms with Crippen LogP contribution in [0.25, 0.3) is 0 Å². The lowest BCUT2D eigenvalue weighted by Gasteiger charge is -2.08. The average Bonchev–Trinajstić information content (AvgIpc) is 2.55. The highest BCUT2D eigenvalue weighted by molar-refractivity contribution is 5.97. The fourth-order valence-corrected chi connectivity index (χ4v) is 1.96. The molecule has 2 rings (SSSR count). The van der Waals surface area contributed by atoms with Gasteiger partial charge in [0.2, 0.25) is 0 Å². The number of hydrogen-bond acceptors (Lipinski definition) is 4. The SMILES string of the molecule is CC(=O)c1cccc(NC(=O)COc2ccc(CC#N)cc2)c1. The van der Waals surface area contributed by atoms with Crippen LogP contribution in [0, 0.1) is 11.3 Å². The zero-order chi connectivity index (χ0) is 16.7. The first-order valence-corrected chi connectivity index (χ1v) is 7.08. The maximum absolute atomic E-state index is 11.9. The summed E-state index contributed by atoms with van der Waals surface area (Å²) in [5.74, 6) is 0.181. The molecule has 0 aliphatic carbocycles. The Balaban J connectivity index is 1.89. The molecule has 0 atom stereocenters. The topological polar surface area (TPSA) is 79.2 Å². The molecule has 0 aromatic heterocycles. The van der Waals surface area contributed by atoms with Gasteiger partial charge in [0, 0.05) is 11.3 Å². The maximum atomic E-state index is 11.9. The fraction of sp³-hybridized carbons (Fsp3) is 0.167. The van der Waals surface area contributed by atoms with Crippen molar-refractivity contribution < 1.29 is 14.3 Å². The third-order valence-electron chi connectivity index (χ3n) is 3.13. The van der Waals surface area contributed by atoms with Gasteiger partial charge in [0.25, 0.3) is 5.91 Å². The largest absolute Gasteiger partial charge is 0.484 e. The van der Waals surface area contributed by atoms with Crippen molar-refractivity contribution in [3.63, 3.8) is 0 Å². The molecule has 0 saturated heterocycles. The maximum Gasteiger partial charge on any atom is 0.262 e. The summed E-state index contributed by atoms with van der Waals surface area (Å²) >= 11 is 0. The van der Waals surface area contributed by atoms with Gasteiger partial charge in [-0.25, -0.2) is 0 Å². The van der Waals surface area contributed by atoms with Crippen molar-refractivity contribution in [3.8, 4) is 11.8 Å². The van der Waals surface area contributed by atoms with Crippen LogP contribution in [0.5, 0.6) is 5.75 Å². The Morgan fingerprint density at radius 3 is 2.57 bits per heavy atom. The number of hydrogen-bond donors (Lipinski definition) is 1. The minimum atomic E-state index is -0.313.